The summed E-state index contributed by atoms with van der Waals surface area (Å²) in [5, 5.41) is 10.5. The Kier molecular flexibility index (Phi) is 3.35. The molecule has 1 aromatic rings. The summed E-state index contributed by atoms with van der Waals surface area (Å²) >= 11 is 1.78. The topological polar surface area (TPSA) is 33.6 Å². The summed E-state index contributed by atoms with van der Waals surface area (Å²) < 4.78 is 0. The Labute approximate surface area is 142 Å². The van der Waals surface area contributed by atoms with Crippen molar-refractivity contribution in [1.29, 1.82) is 0 Å². The first-order valence-corrected chi connectivity index (χ1v) is 10.1. The summed E-state index contributed by atoms with van der Waals surface area (Å²) in [5.74, 6) is 3.00. The summed E-state index contributed by atoms with van der Waals surface area (Å²) in [6, 6.07) is 2.22. The Balaban J connectivity index is 1.20. The van der Waals surface area contributed by atoms with E-state index in [0.717, 1.165) is 36.4 Å². The third-order valence-corrected chi connectivity index (χ3v) is 7.59. The minimum Gasteiger partial charge on any atom is -0.390 e. The number of hydrogen-bond donors (Lipinski definition) is 1. The fourth-order valence-corrected chi connectivity index (χ4v) is 6.81. The maximum absolute atomic E-state index is 5.72. The molecule has 124 valence electrons. The molecule has 0 radical (unpaired) electrons. The zero-order valence-corrected chi connectivity index (χ0v) is 14.7. The van der Waals surface area contributed by atoms with E-state index < -0.39 is 0 Å². The quantitative estimate of drug-likeness (QED) is 0.901. The van der Waals surface area contributed by atoms with Gasteiger partial charge in [-0.05, 0) is 80.2 Å². The molecule has 1 atom stereocenters. The van der Waals surface area contributed by atoms with Crippen LogP contribution < -0.4 is 5.32 Å². The van der Waals surface area contributed by atoms with E-state index in [0.29, 0.717) is 5.54 Å². The highest BCUT2D eigenvalue weighted by atomic mass is 32.1. The summed E-state index contributed by atoms with van der Waals surface area (Å²) in [5.41, 5.74) is 2.89. The Morgan fingerprint density at radius 2 is 1.91 bits per heavy atom. The van der Waals surface area contributed by atoms with Crippen LogP contribution in [-0.4, -0.2) is 23.9 Å². The average Bonchev–Trinajstić information content (AvgIpc) is 3.12. The van der Waals surface area contributed by atoms with Crippen LogP contribution in [0.1, 0.15) is 55.4 Å². The van der Waals surface area contributed by atoms with Crippen molar-refractivity contribution in [2.45, 2.75) is 63.5 Å². The van der Waals surface area contributed by atoms with E-state index in [2.05, 4.69) is 28.8 Å². The van der Waals surface area contributed by atoms with Gasteiger partial charge in [-0.25, -0.2) is 0 Å². The molecule has 4 saturated carbocycles. The van der Waals surface area contributed by atoms with Crippen molar-refractivity contribution in [3.63, 3.8) is 0 Å². The monoisotopic (exact) mass is 330 g/mol. The zero-order valence-electron chi connectivity index (χ0n) is 13.9. The maximum Gasteiger partial charge on any atom is 0.145 e. The second kappa shape index (κ2) is 5.32. The lowest BCUT2D eigenvalue weighted by Gasteiger charge is -2.57. The number of hydrogen-bond acceptors (Lipinski definition) is 4. The molecule has 1 unspecified atom stereocenters. The summed E-state index contributed by atoms with van der Waals surface area (Å²) in [7, 11) is 0. The number of nitrogens with zero attached hydrogens (tertiary/aromatic N) is 1. The summed E-state index contributed by atoms with van der Waals surface area (Å²) in [6.07, 6.45) is 9.92. The van der Waals surface area contributed by atoms with Gasteiger partial charge in [0.1, 0.15) is 11.8 Å². The molecule has 5 aliphatic rings. The molecule has 6 rings (SSSR count). The predicted octanol–water partition coefficient (Wildman–Crippen LogP) is 4.11. The number of aryl methyl sites for hydroxylation is 1. The molecule has 4 bridgehead atoms. The minimum atomic E-state index is 0.223. The number of thiophene rings is 1. The van der Waals surface area contributed by atoms with E-state index in [1.54, 1.807) is 11.3 Å². The molecule has 2 heterocycles. The molecule has 23 heavy (non-hydrogen) atoms. The van der Waals surface area contributed by atoms with Crippen LogP contribution in [0.15, 0.2) is 16.6 Å². The van der Waals surface area contributed by atoms with Gasteiger partial charge < -0.3 is 10.2 Å². The van der Waals surface area contributed by atoms with E-state index >= 15 is 0 Å². The minimum absolute atomic E-state index is 0.223. The van der Waals surface area contributed by atoms with Crippen LogP contribution in [0.2, 0.25) is 0 Å². The van der Waals surface area contributed by atoms with Crippen molar-refractivity contribution in [2.75, 3.05) is 6.54 Å². The first-order chi connectivity index (χ1) is 11.2. The Hall–Kier alpha value is -0.870. The number of oxime groups is 1. The normalized spacial score (nSPS) is 41.2. The number of rotatable bonds is 4. The molecule has 3 nitrogen and oxygen atoms in total. The Bertz CT molecular complexity index is 600. The maximum atomic E-state index is 5.72. The smallest absolute Gasteiger partial charge is 0.145 e. The molecule has 0 saturated heterocycles. The SMILES string of the molecule is Cc1csc(C2=NOC(CNC34CC5CC(CC(C5)C3)C4)C2)c1. The van der Waals surface area contributed by atoms with Gasteiger partial charge in [0.25, 0.3) is 0 Å². The molecular formula is C19H26N2OS. The molecule has 0 aromatic carbocycles. The van der Waals surface area contributed by atoms with Crippen molar-refractivity contribution < 1.29 is 4.84 Å². The van der Waals surface area contributed by atoms with Crippen LogP contribution >= 0.6 is 11.3 Å². The van der Waals surface area contributed by atoms with Crippen LogP contribution in [-0.2, 0) is 4.84 Å². The van der Waals surface area contributed by atoms with Crippen LogP contribution in [0.25, 0.3) is 0 Å². The van der Waals surface area contributed by atoms with Crippen LogP contribution in [0.5, 0.6) is 0 Å². The molecule has 1 N–H and O–H groups in total. The molecule has 4 heteroatoms. The van der Waals surface area contributed by atoms with Crippen LogP contribution in [0.4, 0.5) is 0 Å². The lowest BCUT2D eigenvalue weighted by Crippen LogP contribution is -2.59. The average molecular weight is 330 g/mol. The van der Waals surface area contributed by atoms with Gasteiger partial charge in [0, 0.05) is 18.5 Å². The predicted molar refractivity (Wildman–Crippen MR) is 94.0 cm³/mol. The lowest BCUT2D eigenvalue weighted by molar-refractivity contribution is -0.0276. The van der Waals surface area contributed by atoms with E-state index in [1.165, 1.54) is 49.0 Å². The van der Waals surface area contributed by atoms with E-state index in [1.807, 2.05) is 0 Å². The zero-order chi connectivity index (χ0) is 15.4. The first-order valence-electron chi connectivity index (χ1n) is 9.21. The van der Waals surface area contributed by atoms with Gasteiger partial charge in [0.2, 0.25) is 0 Å². The van der Waals surface area contributed by atoms with Gasteiger partial charge in [0.15, 0.2) is 0 Å². The van der Waals surface area contributed by atoms with Gasteiger partial charge in [-0.2, -0.15) is 0 Å². The molecule has 0 spiro atoms. The van der Waals surface area contributed by atoms with Crippen molar-refractivity contribution in [1.82, 2.24) is 5.32 Å². The Morgan fingerprint density at radius 3 is 2.52 bits per heavy atom. The van der Waals surface area contributed by atoms with Gasteiger partial charge in [-0.15, -0.1) is 11.3 Å². The van der Waals surface area contributed by atoms with E-state index in [-0.39, 0.29) is 6.10 Å². The molecule has 4 fully saturated rings. The third kappa shape index (κ3) is 2.64. The van der Waals surface area contributed by atoms with Crippen molar-refractivity contribution in [2.24, 2.45) is 22.9 Å². The molecule has 1 aromatic heterocycles. The standard InChI is InChI=1S/C19H26N2OS/c1-12-2-18(23-11-12)17-6-16(22-21-17)10-20-19-7-13-3-14(8-19)5-15(4-13)9-19/h2,11,13-16,20H,3-10H2,1H3. The van der Waals surface area contributed by atoms with Crippen molar-refractivity contribution in [3.05, 3.63) is 21.9 Å². The fourth-order valence-electron chi connectivity index (χ4n) is 5.92. The Morgan fingerprint density at radius 1 is 1.22 bits per heavy atom. The van der Waals surface area contributed by atoms with Crippen LogP contribution in [0, 0.1) is 24.7 Å². The van der Waals surface area contributed by atoms with Gasteiger partial charge in [-0.3, -0.25) is 0 Å². The molecule has 1 aliphatic heterocycles. The van der Waals surface area contributed by atoms with Crippen molar-refractivity contribution in [3.8, 4) is 0 Å². The highest BCUT2D eigenvalue weighted by Crippen LogP contribution is 2.55. The second-order valence-corrected chi connectivity index (χ2v) is 9.45. The molecular weight excluding hydrogens is 304 g/mol. The van der Waals surface area contributed by atoms with E-state index in [4.69, 9.17) is 4.84 Å². The lowest BCUT2D eigenvalue weighted by atomic mass is 9.53. The van der Waals surface area contributed by atoms with Gasteiger partial charge >= 0.3 is 0 Å². The van der Waals surface area contributed by atoms with E-state index in [9.17, 15) is 0 Å². The second-order valence-electron chi connectivity index (χ2n) is 8.54. The highest BCUT2D eigenvalue weighted by Gasteiger charge is 2.50. The van der Waals surface area contributed by atoms with Crippen LogP contribution in [0.3, 0.4) is 0 Å². The summed E-state index contributed by atoms with van der Waals surface area (Å²) in [6.45, 7) is 3.10. The summed E-state index contributed by atoms with van der Waals surface area (Å²) in [4.78, 5) is 7.00. The fraction of sp³-hybridized carbons (Fsp3) is 0.737. The number of nitrogens with one attached hydrogen (secondary N) is 1. The first kappa shape index (κ1) is 14.5. The van der Waals surface area contributed by atoms with Gasteiger partial charge in [-0.1, -0.05) is 5.16 Å². The molecule has 0 amide bonds. The van der Waals surface area contributed by atoms with Gasteiger partial charge in [0.05, 0.1) is 4.88 Å². The third-order valence-electron chi connectivity index (χ3n) is 6.49. The molecule has 4 aliphatic carbocycles. The highest BCUT2D eigenvalue weighted by molar-refractivity contribution is 7.12. The largest absolute Gasteiger partial charge is 0.390 e. The van der Waals surface area contributed by atoms with Crippen molar-refractivity contribution >= 4 is 17.0 Å².